The summed E-state index contributed by atoms with van der Waals surface area (Å²) < 4.78 is 0. The molecular weight excluding hydrogens is 155 g/mol. The van der Waals surface area contributed by atoms with Crippen LogP contribution in [0.4, 0.5) is 4.79 Å². The summed E-state index contributed by atoms with van der Waals surface area (Å²) in [5, 5.41) is 13.9. The van der Waals surface area contributed by atoms with Crippen LogP contribution in [0, 0.1) is 6.07 Å². The first-order valence-electron chi connectivity index (χ1n) is 2.56. The molecule has 4 heteroatoms. The molecule has 1 aromatic carbocycles. The molecule has 0 amide bonds. The van der Waals surface area contributed by atoms with Gasteiger partial charge in [-0.3, -0.25) is 0 Å². The van der Waals surface area contributed by atoms with Gasteiger partial charge in [0.05, 0.1) is 0 Å². The van der Waals surface area contributed by atoms with E-state index in [9.17, 15) is 0 Å². The average molecular weight is 162 g/mol. The molecule has 0 spiro atoms. The van der Waals surface area contributed by atoms with Crippen LogP contribution in [-0.2, 0) is 0 Å². The Morgan fingerprint density at radius 3 is 1.55 bits per heavy atom. The number of rotatable bonds is 0. The molecule has 54 valence electrons. The Hall–Kier alpha value is -0.510. The summed E-state index contributed by atoms with van der Waals surface area (Å²) in [4.78, 5) is 8.56. The van der Waals surface area contributed by atoms with Crippen molar-refractivity contribution in [3.63, 3.8) is 0 Å². The minimum Gasteiger partial charge on any atom is -0.450 e. The van der Waals surface area contributed by atoms with E-state index < -0.39 is 6.16 Å². The topological polar surface area (TPSA) is 57.5 Å². The van der Waals surface area contributed by atoms with Crippen LogP contribution in [0.25, 0.3) is 0 Å². The van der Waals surface area contributed by atoms with Gasteiger partial charge >= 0.3 is 35.7 Å². The van der Waals surface area contributed by atoms with E-state index in [0.717, 1.165) is 0 Å². The molecule has 0 unspecified atom stereocenters. The van der Waals surface area contributed by atoms with E-state index in [1.165, 1.54) is 0 Å². The minimum atomic E-state index is -1.83. The molecule has 1 aromatic rings. The van der Waals surface area contributed by atoms with Crippen molar-refractivity contribution in [1.29, 1.82) is 0 Å². The fraction of sp³-hybridized carbons (Fsp3) is 0. The van der Waals surface area contributed by atoms with Gasteiger partial charge in [0.2, 0.25) is 0 Å². The summed E-state index contributed by atoms with van der Waals surface area (Å²) in [6, 6.07) is 12.5. The quantitative estimate of drug-likeness (QED) is 0.369. The third-order valence-corrected chi connectivity index (χ3v) is 0.607. The van der Waals surface area contributed by atoms with Gasteiger partial charge in [0.15, 0.2) is 0 Å². The summed E-state index contributed by atoms with van der Waals surface area (Å²) >= 11 is 0. The van der Waals surface area contributed by atoms with Crippen molar-refractivity contribution in [2.24, 2.45) is 0 Å². The maximum absolute atomic E-state index is 8.56. The van der Waals surface area contributed by atoms with Gasteiger partial charge < -0.3 is 10.2 Å². The number of hydrogen-bond donors (Lipinski definition) is 2. The Bertz CT molecular complexity index is 146. The van der Waals surface area contributed by atoms with Crippen molar-refractivity contribution < 1.29 is 44.6 Å². The smallest absolute Gasteiger partial charge is 0.450 e. The average Bonchev–Trinajstić information content (AvgIpc) is 1.90. The number of carbonyl (C=O) groups is 1. The predicted molar refractivity (Wildman–Crippen MR) is 35.9 cm³/mol. The van der Waals surface area contributed by atoms with Gasteiger partial charge in [0, 0.05) is 0 Å². The summed E-state index contributed by atoms with van der Waals surface area (Å²) in [5.74, 6) is 0. The molecule has 0 aliphatic heterocycles. The van der Waals surface area contributed by atoms with Crippen LogP contribution in [0.3, 0.4) is 0 Å². The molecule has 0 heterocycles. The second-order valence-electron chi connectivity index (χ2n) is 1.36. The van der Waals surface area contributed by atoms with Crippen LogP contribution in [0.5, 0.6) is 0 Å². The summed E-state index contributed by atoms with van der Waals surface area (Å²) in [5.41, 5.74) is 0. The van der Waals surface area contributed by atoms with Crippen molar-refractivity contribution in [2.45, 2.75) is 0 Å². The predicted octanol–water partition coefficient (Wildman–Crippen LogP) is -1.29. The standard InChI is InChI=1S/C6H5.CH2O3.Na/c1-2-4-6-5-3-1;2-1(3)4;/h1-5H;(H2,2,3,4);/q-1;;+1. The van der Waals surface area contributed by atoms with Gasteiger partial charge in [-0.05, 0) is 0 Å². The van der Waals surface area contributed by atoms with Crippen LogP contribution in [0.2, 0.25) is 0 Å². The molecule has 0 aliphatic rings. The van der Waals surface area contributed by atoms with E-state index in [1.807, 2.05) is 30.3 Å². The molecule has 0 atom stereocenters. The molecule has 0 saturated heterocycles. The zero-order chi connectivity index (χ0) is 7.82. The Morgan fingerprint density at radius 2 is 1.45 bits per heavy atom. The zero-order valence-electron chi connectivity index (χ0n) is 6.19. The molecule has 11 heavy (non-hydrogen) atoms. The second kappa shape index (κ2) is 9.49. The van der Waals surface area contributed by atoms with E-state index in [0.29, 0.717) is 0 Å². The number of benzene rings is 1. The SMILES string of the molecule is O=C(O)O.[Na+].[c-]1ccccc1. The molecule has 3 nitrogen and oxygen atoms in total. The van der Waals surface area contributed by atoms with E-state index >= 15 is 0 Å². The fourth-order valence-electron chi connectivity index (χ4n) is 0.342. The van der Waals surface area contributed by atoms with Crippen molar-refractivity contribution in [2.75, 3.05) is 0 Å². The fourth-order valence-corrected chi connectivity index (χ4v) is 0.342. The van der Waals surface area contributed by atoms with Crippen LogP contribution < -0.4 is 29.6 Å². The Balaban J connectivity index is 0. The van der Waals surface area contributed by atoms with Gasteiger partial charge in [0.25, 0.3) is 0 Å². The normalized spacial score (nSPS) is 6.55. The van der Waals surface area contributed by atoms with E-state index in [4.69, 9.17) is 15.0 Å². The first-order valence-corrected chi connectivity index (χ1v) is 2.56. The molecule has 0 saturated carbocycles. The molecule has 0 radical (unpaired) electrons. The van der Waals surface area contributed by atoms with Crippen molar-refractivity contribution in [3.8, 4) is 0 Å². The van der Waals surface area contributed by atoms with Gasteiger partial charge in [-0.2, -0.15) is 36.4 Å². The largest absolute Gasteiger partial charge is 1.00 e. The van der Waals surface area contributed by atoms with E-state index in [2.05, 4.69) is 6.07 Å². The Kier molecular flexibility index (Phi) is 11.3. The Morgan fingerprint density at radius 1 is 1.09 bits per heavy atom. The van der Waals surface area contributed by atoms with Gasteiger partial charge in [-0.15, -0.1) is 0 Å². The number of carboxylic acid groups (broad SMARTS) is 2. The molecule has 1 rings (SSSR count). The first-order chi connectivity index (χ1) is 4.73. The third-order valence-electron chi connectivity index (χ3n) is 0.607. The van der Waals surface area contributed by atoms with Crippen molar-refractivity contribution in [3.05, 3.63) is 36.4 Å². The zero-order valence-corrected chi connectivity index (χ0v) is 8.19. The summed E-state index contributed by atoms with van der Waals surface area (Å²) in [7, 11) is 0. The van der Waals surface area contributed by atoms with Gasteiger partial charge in [0.1, 0.15) is 0 Å². The van der Waals surface area contributed by atoms with Crippen LogP contribution in [0.1, 0.15) is 0 Å². The number of hydrogen-bond acceptors (Lipinski definition) is 1. The van der Waals surface area contributed by atoms with Crippen LogP contribution in [-0.4, -0.2) is 16.4 Å². The maximum atomic E-state index is 8.56. The Labute approximate surface area is 87.0 Å². The monoisotopic (exact) mass is 162 g/mol. The summed E-state index contributed by atoms with van der Waals surface area (Å²) in [6.45, 7) is 0. The van der Waals surface area contributed by atoms with Gasteiger partial charge in [-0.1, -0.05) is 0 Å². The molecular formula is C7H7NaO3. The van der Waals surface area contributed by atoms with Crippen molar-refractivity contribution >= 4 is 6.16 Å². The molecule has 2 N–H and O–H groups in total. The van der Waals surface area contributed by atoms with Crippen LogP contribution >= 0.6 is 0 Å². The molecule has 0 aromatic heterocycles. The van der Waals surface area contributed by atoms with E-state index in [-0.39, 0.29) is 29.6 Å². The summed E-state index contributed by atoms with van der Waals surface area (Å²) in [6.07, 6.45) is -1.83. The second-order valence-corrected chi connectivity index (χ2v) is 1.36. The van der Waals surface area contributed by atoms with E-state index in [1.54, 1.807) is 0 Å². The molecule has 0 bridgehead atoms. The van der Waals surface area contributed by atoms with Crippen molar-refractivity contribution in [1.82, 2.24) is 0 Å². The first kappa shape index (κ1) is 13.1. The van der Waals surface area contributed by atoms with Gasteiger partial charge in [-0.25, -0.2) is 4.79 Å². The van der Waals surface area contributed by atoms with Crippen LogP contribution in [0.15, 0.2) is 30.3 Å². The maximum Gasteiger partial charge on any atom is 1.00 e. The third kappa shape index (κ3) is 17.7. The molecule has 0 aliphatic carbocycles. The minimum absolute atomic E-state index is 0. The molecule has 0 fully saturated rings.